The molecule has 0 spiro atoms. The summed E-state index contributed by atoms with van der Waals surface area (Å²) in [6, 6.07) is 21.2. The number of hydrogen-bond donors (Lipinski definition) is 1. The highest BCUT2D eigenvalue weighted by molar-refractivity contribution is 5.98. The fourth-order valence-corrected chi connectivity index (χ4v) is 5.39. The Morgan fingerprint density at radius 3 is 2.25 bits per heavy atom. The van der Waals surface area contributed by atoms with Crippen LogP contribution in [-0.2, 0) is 27.2 Å². The van der Waals surface area contributed by atoms with E-state index in [0.717, 1.165) is 25.7 Å². The van der Waals surface area contributed by atoms with Gasteiger partial charge in [0.15, 0.2) is 11.4 Å². The minimum atomic E-state index is -0.874. The van der Waals surface area contributed by atoms with Crippen LogP contribution < -0.4 is 14.8 Å². The molecule has 1 aliphatic heterocycles. The molecule has 1 N–H and O–H groups in total. The highest BCUT2D eigenvalue weighted by Gasteiger charge is 2.35. The molecule has 3 aromatic rings. The number of pyridine rings is 1. The maximum Gasteiger partial charge on any atom is 0.328 e. The molecule has 0 saturated carbocycles. The molecule has 0 bridgehead atoms. The Labute approximate surface area is 235 Å². The highest BCUT2D eigenvalue weighted by atomic mass is 16.6. The molecule has 40 heavy (non-hydrogen) atoms. The third kappa shape index (κ3) is 7.46. The maximum atomic E-state index is 13.4. The van der Waals surface area contributed by atoms with Gasteiger partial charge in [-0.3, -0.25) is 9.59 Å². The van der Waals surface area contributed by atoms with Gasteiger partial charge in [-0.25, -0.2) is 9.78 Å². The van der Waals surface area contributed by atoms with E-state index in [2.05, 4.69) is 34.6 Å². The molecule has 8 heteroatoms. The highest BCUT2D eigenvalue weighted by Crippen LogP contribution is 2.33. The lowest BCUT2D eigenvalue weighted by Gasteiger charge is -2.31. The van der Waals surface area contributed by atoms with Crippen LogP contribution >= 0.6 is 0 Å². The Kier molecular flexibility index (Phi) is 9.89. The van der Waals surface area contributed by atoms with E-state index in [1.807, 2.05) is 43.3 Å². The van der Waals surface area contributed by atoms with Gasteiger partial charge >= 0.3 is 11.9 Å². The van der Waals surface area contributed by atoms with Gasteiger partial charge in [-0.2, -0.15) is 0 Å². The number of cyclic esters (lactones) is 1. The molecule has 8 nitrogen and oxygen atoms in total. The number of nitrogens with one attached hydrogen (secondary N) is 1. The normalized spacial score (nSPS) is 21.2. The zero-order chi connectivity index (χ0) is 28.5. The molecule has 1 fully saturated rings. The summed E-state index contributed by atoms with van der Waals surface area (Å²) >= 11 is 0. The second kappa shape index (κ2) is 13.7. The monoisotopic (exact) mass is 544 g/mol. The number of amides is 1. The molecule has 2 aromatic carbocycles. The molecule has 2 heterocycles. The smallest absolute Gasteiger partial charge is 0.328 e. The van der Waals surface area contributed by atoms with Crippen molar-refractivity contribution in [2.45, 2.75) is 58.1 Å². The summed E-state index contributed by atoms with van der Waals surface area (Å²) in [6.07, 6.45) is 4.67. The SMILES string of the molecule is COc1ccnc(C(=O)NC2CCC[C@H](Cc3ccccc3)[C@@H](Cc3ccccc3)[C@H](C)OC2=O)c1OC(C)=O. The summed E-state index contributed by atoms with van der Waals surface area (Å²) in [5.74, 6) is -1.29. The molecule has 1 amide bonds. The largest absolute Gasteiger partial charge is 0.493 e. The molecule has 1 aromatic heterocycles. The zero-order valence-electron chi connectivity index (χ0n) is 23.2. The number of hydrogen-bond acceptors (Lipinski definition) is 7. The third-order valence-corrected chi connectivity index (χ3v) is 7.37. The van der Waals surface area contributed by atoms with Gasteiger partial charge in [0.1, 0.15) is 12.1 Å². The molecule has 1 unspecified atom stereocenters. The number of benzene rings is 2. The van der Waals surface area contributed by atoms with Crippen LogP contribution in [0.5, 0.6) is 11.5 Å². The number of methoxy groups -OCH3 is 1. The van der Waals surface area contributed by atoms with Crippen molar-refractivity contribution >= 4 is 17.8 Å². The standard InChI is InChI=1S/C32H36N2O6/c1-21-26(20-24-13-8-5-9-14-24)25(19-23-11-6-4-7-12-23)15-10-16-27(32(37)39-21)34-31(36)29-30(40-22(2)35)28(38-3)17-18-33-29/h4-9,11-14,17-18,21,25-27H,10,15-16,19-20H2,1-3H3,(H,34,36)/t21-,25+,26-,27?/m0/s1. The molecule has 1 saturated heterocycles. The number of rotatable bonds is 8. The quantitative estimate of drug-likeness (QED) is 0.400. The maximum absolute atomic E-state index is 13.4. The lowest BCUT2D eigenvalue weighted by atomic mass is 9.77. The van der Waals surface area contributed by atoms with Crippen molar-refractivity contribution in [3.8, 4) is 11.5 Å². The van der Waals surface area contributed by atoms with Crippen LogP contribution in [0.1, 0.15) is 54.7 Å². The van der Waals surface area contributed by atoms with Crippen LogP contribution in [-0.4, -0.2) is 42.1 Å². The van der Waals surface area contributed by atoms with Crippen LogP contribution in [0.3, 0.4) is 0 Å². The van der Waals surface area contributed by atoms with E-state index in [1.54, 1.807) is 0 Å². The van der Waals surface area contributed by atoms with Gasteiger partial charge in [0.2, 0.25) is 5.75 Å². The zero-order valence-corrected chi connectivity index (χ0v) is 23.2. The summed E-state index contributed by atoms with van der Waals surface area (Å²) in [7, 11) is 1.40. The van der Waals surface area contributed by atoms with Crippen molar-refractivity contribution in [2.75, 3.05) is 7.11 Å². The summed E-state index contributed by atoms with van der Waals surface area (Å²) in [5, 5.41) is 2.77. The first-order valence-electron chi connectivity index (χ1n) is 13.7. The van der Waals surface area contributed by atoms with Crippen LogP contribution in [0, 0.1) is 11.8 Å². The molecule has 4 atom stereocenters. The Bertz CT molecular complexity index is 1300. The molecule has 0 radical (unpaired) electrons. The molecule has 0 aliphatic carbocycles. The van der Waals surface area contributed by atoms with E-state index in [9.17, 15) is 14.4 Å². The van der Waals surface area contributed by atoms with Gasteiger partial charge in [-0.05, 0) is 49.7 Å². The van der Waals surface area contributed by atoms with Crippen LogP contribution in [0.15, 0.2) is 72.9 Å². The minimum Gasteiger partial charge on any atom is -0.493 e. The van der Waals surface area contributed by atoms with Crippen molar-refractivity contribution in [1.29, 1.82) is 0 Å². The number of nitrogens with zero attached hydrogens (tertiary/aromatic N) is 1. The molecular weight excluding hydrogens is 508 g/mol. The number of carbonyl (C=O) groups excluding carboxylic acids is 3. The molecular formula is C32H36N2O6. The number of carbonyl (C=O) groups is 3. The number of ether oxygens (including phenoxy) is 3. The lowest BCUT2D eigenvalue weighted by Crippen LogP contribution is -2.43. The van der Waals surface area contributed by atoms with Gasteiger partial charge in [-0.1, -0.05) is 67.1 Å². The summed E-state index contributed by atoms with van der Waals surface area (Å²) in [5.41, 5.74) is 2.30. The van der Waals surface area contributed by atoms with Gasteiger partial charge in [0.05, 0.1) is 7.11 Å². The lowest BCUT2D eigenvalue weighted by molar-refractivity contribution is -0.153. The van der Waals surface area contributed by atoms with Crippen LogP contribution in [0.2, 0.25) is 0 Å². The van der Waals surface area contributed by atoms with Gasteiger partial charge in [0.25, 0.3) is 5.91 Å². The number of esters is 2. The second-order valence-electron chi connectivity index (χ2n) is 10.2. The second-order valence-corrected chi connectivity index (χ2v) is 10.2. The summed E-state index contributed by atoms with van der Waals surface area (Å²) in [6.45, 7) is 3.17. The van der Waals surface area contributed by atoms with Crippen molar-refractivity contribution in [1.82, 2.24) is 10.3 Å². The van der Waals surface area contributed by atoms with Gasteiger partial charge in [-0.15, -0.1) is 0 Å². The van der Waals surface area contributed by atoms with Crippen molar-refractivity contribution < 1.29 is 28.6 Å². The molecule has 1 aliphatic rings. The van der Waals surface area contributed by atoms with E-state index in [0.29, 0.717) is 6.42 Å². The Morgan fingerprint density at radius 1 is 0.975 bits per heavy atom. The first kappa shape index (κ1) is 28.8. The van der Waals surface area contributed by atoms with E-state index in [-0.39, 0.29) is 35.1 Å². The van der Waals surface area contributed by atoms with Crippen LogP contribution in [0.25, 0.3) is 0 Å². The first-order chi connectivity index (χ1) is 19.4. The summed E-state index contributed by atoms with van der Waals surface area (Å²) in [4.78, 5) is 42.4. The van der Waals surface area contributed by atoms with Crippen molar-refractivity contribution in [3.63, 3.8) is 0 Å². The first-order valence-corrected chi connectivity index (χ1v) is 13.7. The van der Waals surface area contributed by atoms with Gasteiger partial charge < -0.3 is 19.5 Å². The Balaban J connectivity index is 1.56. The van der Waals surface area contributed by atoms with E-state index in [4.69, 9.17) is 14.2 Å². The Hall–Kier alpha value is -4.20. The predicted molar refractivity (Wildman–Crippen MR) is 150 cm³/mol. The van der Waals surface area contributed by atoms with Crippen molar-refractivity contribution in [3.05, 3.63) is 89.7 Å². The van der Waals surface area contributed by atoms with Crippen LogP contribution in [0.4, 0.5) is 0 Å². The Morgan fingerprint density at radius 2 is 1.62 bits per heavy atom. The van der Waals surface area contributed by atoms with E-state index in [1.165, 1.54) is 37.4 Å². The average Bonchev–Trinajstić information content (AvgIpc) is 2.99. The molecule has 4 rings (SSSR count). The van der Waals surface area contributed by atoms with Crippen molar-refractivity contribution in [2.24, 2.45) is 11.8 Å². The summed E-state index contributed by atoms with van der Waals surface area (Å²) < 4.78 is 16.5. The minimum absolute atomic E-state index is 0.0920. The fourth-order valence-electron chi connectivity index (χ4n) is 5.39. The number of aromatic nitrogens is 1. The third-order valence-electron chi connectivity index (χ3n) is 7.37. The molecule has 210 valence electrons. The predicted octanol–water partition coefficient (Wildman–Crippen LogP) is 4.95. The fraction of sp³-hybridized carbons (Fsp3) is 0.375. The van der Waals surface area contributed by atoms with E-state index >= 15 is 0 Å². The van der Waals surface area contributed by atoms with Gasteiger partial charge in [0, 0.05) is 25.1 Å². The van der Waals surface area contributed by atoms with E-state index < -0.39 is 23.9 Å². The topological polar surface area (TPSA) is 104 Å². The average molecular weight is 545 g/mol.